The number of amides is 1. The number of nitrogens with one attached hydrogen (secondary N) is 1. The highest BCUT2D eigenvalue weighted by molar-refractivity contribution is 6.05. The molecule has 0 aliphatic heterocycles. The van der Waals surface area contributed by atoms with Crippen molar-refractivity contribution in [3.05, 3.63) is 52.7 Å². The molecule has 0 radical (unpaired) electrons. The number of fused-ring (bicyclic) bond motifs is 1. The monoisotopic (exact) mass is 283 g/mol. The summed E-state index contributed by atoms with van der Waals surface area (Å²) in [7, 11) is 3.37. The zero-order chi connectivity index (χ0) is 15.0. The Labute approximate surface area is 119 Å². The van der Waals surface area contributed by atoms with Crippen molar-refractivity contribution in [2.24, 2.45) is 14.1 Å². The Balaban J connectivity index is 2.00. The standard InChI is InChI=1S/C14H13N5O2/c1-18-10-5-4-9(8-11(10)19(2)14(18)21)12(20)17-13-15-6-3-7-16-13/h3-8H,1-2H3,(H,15,16,17,20). The summed E-state index contributed by atoms with van der Waals surface area (Å²) in [5.74, 6) is -0.0797. The molecule has 2 aromatic heterocycles. The molecule has 0 bridgehead atoms. The van der Waals surface area contributed by atoms with Crippen LogP contribution in [0.25, 0.3) is 11.0 Å². The number of carbonyl (C=O) groups excluding carboxylic acids is 1. The largest absolute Gasteiger partial charge is 0.328 e. The molecule has 1 N–H and O–H groups in total. The zero-order valence-corrected chi connectivity index (χ0v) is 11.6. The van der Waals surface area contributed by atoms with E-state index >= 15 is 0 Å². The first-order valence-electron chi connectivity index (χ1n) is 6.32. The van der Waals surface area contributed by atoms with Gasteiger partial charge in [-0.2, -0.15) is 0 Å². The first-order chi connectivity index (χ1) is 10.1. The van der Waals surface area contributed by atoms with Gasteiger partial charge in [0, 0.05) is 32.1 Å². The molecule has 0 aliphatic rings. The summed E-state index contributed by atoms with van der Waals surface area (Å²) >= 11 is 0. The molecule has 0 aliphatic carbocycles. The number of rotatable bonds is 2. The fraction of sp³-hybridized carbons (Fsp3) is 0.143. The van der Waals surface area contributed by atoms with E-state index in [0.717, 1.165) is 5.52 Å². The first kappa shape index (κ1) is 13.0. The molecular formula is C14H13N5O2. The predicted molar refractivity (Wildman–Crippen MR) is 78.1 cm³/mol. The van der Waals surface area contributed by atoms with E-state index in [0.29, 0.717) is 11.1 Å². The molecular weight excluding hydrogens is 270 g/mol. The summed E-state index contributed by atoms with van der Waals surface area (Å²) < 4.78 is 3.04. The van der Waals surface area contributed by atoms with Gasteiger partial charge in [0.15, 0.2) is 0 Å². The van der Waals surface area contributed by atoms with Crippen molar-refractivity contribution in [1.82, 2.24) is 19.1 Å². The summed E-state index contributed by atoms with van der Waals surface area (Å²) in [6.07, 6.45) is 3.10. The van der Waals surface area contributed by atoms with E-state index in [2.05, 4.69) is 15.3 Å². The molecule has 1 amide bonds. The van der Waals surface area contributed by atoms with Gasteiger partial charge in [-0.05, 0) is 24.3 Å². The van der Waals surface area contributed by atoms with Crippen molar-refractivity contribution in [3.8, 4) is 0 Å². The molecule has 0 atom stereocenters. The van der Waals surface area contributed by atoms with E-state index in [1.165, 1.54) is 9.13 Å². The van der Waals surface area contributed by atoms with Crippen LogP contribution < -0.4 is 11.0 Å². The number of aryl methyl sites for hydroxylation is 2. The van der Waals surface area contributed by atoms with Gasteiger partial charge in [-0.15, -0.1) is 0 Å². The first-order valence-corrected chi connectivity index (χ1v) is 6.32. The Bertz CT molecular complexity index is 880. The van der Waals surface area contributed by atoms with E-state index < -0.39 is 0 Å². The molecule has 3 rings (SSSR count). The van der Waals surface area contributed by atoms with Crippen LogP contribution in [0.1, 0.15) is 10.4 Å². The molecule has 1 aromatic carbocycles. The van der Waals surface area contributed by atoms with E-state index in [4.69, 9.17) is 0 Å². The minimum Gasteiger partial charge on any atom is -0.295 e. The van der Waals surface area contributed by atoms with Crippen LogP contribution in [-0.2, 0) is 14.1 Å². The normalized spacial score (nSPS) is 10.8. The lowest BCUT2D eigenvalue weighted by atomic mass is 10.2. The Kier molecular flexibility index (Phi) is 3.02. The molecule has 7 nitrogen and oxygen atoms in total. The van der Waals surface area contributed by atoms with Gasteiger partial charge >= 0.3 is 5.69 Å². The van der Waals surface area contributed by atoms with Crippen LogP contribution in [0, 0.1) is 0 Å². The molecule has 0 saturated carbocycles. The van der Waals surface area contributed by atoms with Crippen molar-refractivity contribution >= 4 is 22.9 Å². The zero-order valence-electron chi connectivity index (χ0n) is 11.6. The van der Waals surface area contributed by atoms with E-state index in [1.807, 2.05) is 0 Å². The maximum Gasteiger partial charge on any atom is 0.328 e. The van der Waals surface area contributed by atoms with E-state index in [9.17, 15) is 9.59 Å². The smallest absolute Gasteiger partial charge is 0.295 e. The molecule has 0 spiro atoms. The molecule has 0 saturated heterocycles. The number of benzene rings is 1. The average molecular weight is 283 g/mol. The Hall–Kier alpha value is -2.96. The third kappa shape index (κ3) is 2.18. The lowest BCUT2D eigenvalue weighted by molar-refractivity contribution is 0.102. The van der Waals surface area contributed by atoms with Crippen LogP contribution in [-0.4, -0.2) is 25.0 Å². The number of nitrogens with zero attached hydrogens (tertiary/aromatic N) is 4. The van der Waals surface area contributed by atoms with Crippen LogP contribution in [0.3, 0.4) is 0 Å². The van der Waals surface area contributed by atoms with Gasteiger partial charge in [0.2, 0.25) is 5.95 Å². The van der Waals surface area contributed by atoms with E-state index in [-0.39, 0.29) is 17.5 Å². The third-order valence-electron chi connectivity index (χ3n) is 3.33. The number of hydrogen-bond donors (Lipinski definition) is 1. The SMILES string of the molecule is Cn1c(=O)n(C)c2cc(C(=O)Nc3ncccn3)ccc21. The second kappa shape index (κ2) is 4.86. The van der Waals surface area contributed by atoms with Crippen molar-refractivity contribution < 1.29 is 4.79 Å². The topological polar surface area (TPSA) is 81.8 Å². The molecule has 7 heteroatoms. The minimum atomic E-state index is -0.320. The summed E-state index contributed by atoms with van der Waals surface area (Å²) in [6, 6.07) is 6.76. The second-order valence-corrected chi connectivity index (χ2v) is 4.63. The number of imidazole rings is 1. The lowest BCUT2D eigenvalue weighted by Crippen LogP contribution is -2.19. The van der Waals surface area contributed by atoms with Crippen LogP contribution in [0.2, 0.25) is 0 Å². The van der Waals surface area contributed by atoms with Gasteiger partial charge in [0.05, 0.1) is 11.0 Å². The van der Waals surface area contributed by atoms with Gasteiger partial charge in [-0.1, -0.05) is 0 Å². The molecule has 0 unspecified atom stereocenters. The molecule has 21 heavy (non-hydrogen) atoms. The Morgan fingerprint density at radius 1 is 1.10 bits per heavy atom. The van der Waals surface area contributed by atoms with Crippen LogP contribution >= 0.6 is 0 Å². The third-order valence-corrected chi connectivity index (χ3v) is 3.33. The van der Waals surface area contributed by atoms with Crippen molar-refractivity contribution in [2.45, 2.75) is 0 Å². The highest BCUT2D eigenvalue weighted by Crippen LogP contribution is 2.14. The summed E-state index contributed by atoms with van der Waals surface area (Å²) in [5, 5.41) is 2.61. The van der Waals surface area contributed by atoms with Gasteiger partial charge in [-0.3, -0.25) is 19.2 Å². The fourth-order valence-corrected chi connectivity index (χ4v) is 2.19. The summed E-state index contributed by atoms with van der Waals surface area (Å²) in [6.45, 7) is 0. The number of carbonyl (C=O) groups is 1. The number of aromatic nitrogens is 4. The molecule has 3 aromatic rings. The number of anilines is 1. The molecule has 2 heterocycles. The maximum atomic E-state index is 12.2. The van der Waals surface area contributed by atoms with Crippen molar-refractivity contribution in [1.29, 1.82) is 0 Å². The predicted octanol–water partition coefficient (Wildman–Crippen LogP) is 0.919. The van der Waals surface area contributed by atoms with Gasteiger partial charge < -0.3 is 0 Å². The van der Waals surface area contributed by atoms with Gasteiger partial charge in [0.25, 0.3) is 5.91 Å². The van der Waals surface area contributed by atoms with E-state index in [1.54, 1.807) is 50.8 Å². The Morgan fingerprint density at radius 2 is 1.76 bits per heavy atom. The maximum absolute atomic E-state index is 12.2. The van der Waals surface area contributed by atoms with Crippen LogP contribution in [0.15, 0.2) is 41.5 Å². The highest BCUT2D eigenvalue weighted by Gasteiger charge is 2.12. The van der Waals surface area contributed by atoms with Crippen molar-refractivity contribution in [3.63, 3.8) is 0 Å². The molecule has 0 fully saturated rings. The highest BCUT2D eigenvalue weighted by atomic mass is 16.2. The average Bonchev–Trinajstić information content (AvgIpc) is 2.73. The number of hydrogen-bond acceptors (Lipinski definition) is 4. The van der Waals surface area contributed by atoms with Crippen LogP contribution in [0.4, 0.5) is 5.95 Å². The van der Waals surface area contributed by atoms with Crippen LogP contribution in [0.5, 0.6) is 0 Å². The Morgan fingerprint density at radius 3 is 2.48 bits per heavy atom. The fourth-order valence-electron chi connectivity index (χ4n) is 2.19. The lowest BCUT2D eigenvalue weighted by Gasteiger charge is -2.04. The minimum absolute atomic E-state index is 0.131. The van der Waals surface area contributed by atoms with Gasteiger partial charge in [-0.25, -0.2) is 14.8 Å². The quantitative estimate of drug-likeness (QED) is 0.758. The summed E-state index contributed by atoms with van der Waals surface area (Å²) in [4.78, 5) is 31.9. The molecule has 106 valence electrons. The van der Waals surface area contributed by atoms with Gasteiger partial charge in [0.1, 0.15) is 0 Å². The second-order valence-electron chi connectivity index (χ2n) is 4.63. The van der Waals surface area contributed by atoms with Crippen molar-refractivity contribution in [2.75, 3.05) is 5.32 Å². The summed E-state index contributed by atoms with van der Waals surface area (Å²) in [5.41, 5.74) is 1.78.